The van der Waals surface area contributed by atoms with Gasteiger partial charge in [-0.25, -0.2) is 8.42 Å². The molecule has 1 N–H and O–H groups in total. The van der Waals surface area contributed by atoms with E-state index in [4.69, 9.17) is 16.7 Å². The molecule has 1 aromatic rings. The summed E-state index contributed by atoms with van der Waals surface area (Å²) in [5.41, 5.74) is 1.02. The van der Waals surface area contributed by atoms with Gasteiger partial charge in [-0.2, -0.15) is 4.31 Å². The van der Waals surface area contributed by atoms with E-state index in [2.05, 4.69) is 0 Å². The zero-order valence-corrected chi connectivity index (χ0v) is 12.6. The number of halogens is 1. The van der Waals surface area contributed by atoms with Crippen LogP contribution < -0.4 is 0 Å². The third-order valence-electron chi connectivity index (χ3n) is 2.86. The summed E-state index contributed by atoms with van der Waals surface area (Å²) in [7, 11) is -3.47. The van der Waals surface area contributed by atoms with E-state index in [-0.39, 0.29) is 11.5 Å². The van der Waals surface area contributed by atoms with Gasteiger partial charge in [-0.3, -0.25) is 0 Å². The molecule has 1 rings (SSSR count). The fourth-order valence-electron chi connectivity index (χ4n) is 1.78. The smallest absolute Gasteiger partial charge is 0.243 e. The number of hydrogen-bond acceptors (Lipinski definition) is 3. The summed E-state index contributed by atoms with van der Waals surface area (Å²) in [6, 6.07) is 6.79. The monoisotopic (exact) mass is 305 g/mol. The summed E-state index contributed by atoms with van der Waals surface area (Å²) in [6.45, 7) is 2.50. The molecule has 0 fully saturated rings. The Balaban J connectivity index is 2.91. The maximum atomic E-state index is 12.4. The average molecular weight is 306 g/mol. The molecule has 0 amide bonds. The van der Waals surface area contributed by atoms with E-state index < -0.39 is 10.0 Å². The summed E-state index contributed by atoms with van der Waals surface area (Å²) in [5, 5.41) is 8.81. The van der Waals surface area contributed by atoms with Crippen LogP contribution in [0.2, 0.25) is 0 Å². The highest BCUT2D eigenvalue weighted by atomic mass is 35.5. The minimum absolute atomic E-state index is 0.0132. The van der Waals surface area contributed by atoms with Crippen LogP contribution in [0.5, 0.6) is 0 Å². The summed E-state index contributed by atoms with van der Waals surface area (Å²) in [5.74, 6) is 0.518. The standard InChI is InChI=1S/C13H20ClNO3S/c1-2-15(10-3-11-16)19(17,18)13-6-4-12(5-7-13)8-9-14/h4-7,16H,2-3,8-11H2,1H3. The molecule has 0 saturated carbocycles. The molecular formula is C13H20ClNO3S. The predicted molar refractivity (Wildman–Crippen MR) is 77.0 cm³/mol. The van der Waals surface area contributed by atoms with E-state index in [0.717, 1.165) is 12.0 Å². The first-order chi connectivity index (χ1) is 9.06. The first kappa shape index (κ1) is 16.4. The van der Waals surface area contributed by atoms with Gasteiger partial charge in [-0.1, -0.05) is 19.1 Å². The molecule has 0 aliphatic rings. The van der Waals surface area contributed by atoms with E-state index in [1.54, 1.807) is 31.2 Å². The number of rotatable bonds is 8. The molecule has 19 heavy (non-hydrogen) atoms. The van der Waals surface area contributed by atoms with Crippen molar-refractivity contribution in [2.45, 2.75) is 24.7 Å². The van der Waals surface area contributed by atoms with Crippen molar-refractivity contribution in [1.29, 1.82) is 0 Å². The second-order valence-electron chi connectivity index (χ2n) is 4.16. The number of aliphatic hydroxyl groups excluding tert-OH is 1. The molecule has 0 aliphatic heterocycles. The predicted octanol–water partition coefficient (Wildman–Crippen LogP) is 1.86. The highest BCUT2D eigenvalue weighted by Gasteiger charge is 2.22. The van der Waals surface area contributed by atoms with Crippen molar-refractivity contribution >= 4 is 21.6 Å². The van der Waals surface area contributed by atoms with E-state index in [1.165, 1.54) is 4.31 Å². The Morgan fingerprint density at radius 1 is 1.26 bits per heavy atom. The lowest BCUT2D eigenvalue weighted by atomic mass is 10.2. The normalized spacial score (nSPS) is 12.0. The molecule has 4 nitrogen and oxygen atoms in total. The van der Waals surface area contributed by atoms with Gasteiger partial charge in [0.2, 0.25) is 10.0 Å². The van der Waals surface area contributed by atoms with Crippen LogP contribution in [0.3, 0.4) is 0 Å². The Kier molecular flexibility index (Phi) is 6.79. The Bertz CT molecular complexity index is 473. The molecule has 0 atom stereocenters. The number of alkyl halides is 1. The number of hydrogen-bond donors (Lipinski definition) is 1. The first-order valence-electron chi connectivity index (χ1n) is 6.32. The molecular weight excluding hydrogens is 286 g/mol. The maximum absolute atomic E-state index is 12.4. The van der Waals surface area contributed by atoms with Crippen molar-refractivity contribution in [3.8, 4) is 0 Å². The van der Waals surface area contributed by atoms with Gasteiger partial charge in [-0.05, 0) is 30.5 Å². The van der Waals surface area contributed by atoms with Crippen molar-refractivity contribution in [1.82, 2.24) is 4.31 Å². The molecule has 0 radical (unpaired) electrons. The molecule has 0 spiro atoms. The van der Waals surface area contributed by atoms with E-state index in [0.29, 0.717) is 25.4 Å². The lowest BCUT2D eigenvalue weighted by Gasteiger charge is -2.20. The van der Waals surface area contributed by atoms with Crippen LogP contribution in [-0.4, -0.2) is 43.4 Å². The van der Waals surface area contributed by atoms with Crippen molar-refractivity contribution in [2.75, 3.05) is 25.6 Å². The van der Waals surface area contributed by atoms with E-state index in [9.17, 15) is 8.42 Å². The highest BCUT2D eigenvalue weighted by Crippen LogP contribution is 2.17. The van der Waals surface area contributed by atoms with E-state index in [1.807, 2.05) is 0 Å². The van der Waals surface area contributed by atoms with Crippen LogP contribution in [0.4, 0.5) is 0 Å². The molecule has 0 aromatic heterocycles. The van der Waals surface area contributed by atoms with Gasteiger partial charge in [0.15, 0.2) is 0 Å². The molecule has 6 heteroatoms. The number of aryl methyl sites for hydroxylation is 1. The van der Waals surface area contributed by atoms with Gasteiger partial charge in [0.25, 0.3) is 0 Å². The number of aliphatic hydroxyl groups is 1. The second-order valence-corrected chi connectivity index (χ2v) is 6.47. The van der Waals surface area contributed by atoms with Crippen molar-refractivity contribution in [2.24, 2.45) is 0 Å². The largest absolute Gasteiger partial charge is 0.396 e. The maximum Gasteiger partial charge on any atom is 0.243 e. The fourth-order valence-corrected chi connectivity index (χ4v) is 3.49. The van der Waals surface area contributed by atoms with Crippen LogP contribution in [0.25, 0.3) is 0 Å². The Labute approximate surface area is 120 Å². The topological polar surface area (TPSA) is 57.6 Å². The van der Waals surface area contributed by atoms with Crippen LogP contribution in [-0.2, 0) is 16.4 Å². The molecule has 0 bridgehead atoms. The van der Waals surface area contributed by atoms with Crippen molar-refractivity contribution in [3.63, 3.8) is 0 Å². The van der Waals surface area contributed by atoms with Crippen LogP contribution >= 0.6 is 11.6 Å². The highest BCUT2D eigenvalue weighted by molar-refractivity contribution is 7.89. The summed E-state index contributed by atoms with van der Waals surface area (Å²) < 4.78 is 26.1. The Morgan fingerprint density at radius 2 is 1.89 bits per heavy atom. The van der Waals surface area contributed by atoms with Gasteiger partial charge in [-0.15, -0.1) is 11.6 Å². The minimum Gasteiger partial charge on any atom is -0.396 e. The van der Waals surface area contributed by atoms with Gasteiger partial charge >= 0.3 is 0 Å². The zero-order chi connectivity index (χ0) is 14.3. The molecule has 108 valence electrons. The van der Waals surface area contributed by atoms with E-state index >= 15 is 0 Å². The Morgan fingerprint density at radius 3 is 2.37 bits per heavy atom. The quantitative estimate of drug-likeness (QED) is 0.746. The fraction of sp³-hybridized carbons (Fsp3) is 0.538. The molecule has 0 heterocycles. The minimum atomic E-state index is -3.47. The molecule has 0 saturated heterocycles. The summed E-state index contributed by atoms with van der Waals surface area (Å²) >= 11 is 5.65. The number of nitrogens with zero attached hydrogens (tertiary/aromatic N) is 1. The third kappa shape index (κ3) is 4.45. The van der Waals surface area contributed by atoms with Crippen molar-refractivity contribution < 1.29 is 13.5 Å². The van der Waals surface area contributed by atoms with Crippen LogP contribution in [0, 0.1) is 0 Å². The number of benzene rings is 1. The number of sulfonamides is 1. The SMILES string of the molecule is CCN(CCCO)S(=O)(=O)c1ccc(CCCl)cc1. The third-order valence-corrected chi connectivity index (χ3v) is 5.04. The van der Waals surface area contributed by atoms with Crippen LogP contribution in [0.1, 0.15) is 18.9 Å². The summed E-state index contributed by atoms with van der Waals surface area (Å²) in [4.78, 5) is 0.283. The summed E-state index contributed by atoms with van der Waals surface area (Å²) in [6.07, 6.45) is 1.17. The molecule has 0 aliphatic carbocycles. The molecule has 0 unspecified atom stereocenters. The van der Waals surface area contributed by atoms with Gasteiger partial charge in [0.05, 0.1) is 4.90 Å². The van der Waals surface area contributed by atoms with Gasteiger partial charge in [0.1, 0.15) is 0 Å². The first-order valence-corrected chi connectivity index (χ1v) is 8.29. The molecule has 1 aromatic carbocycles. The van der Waals surface area contributed by atoms with Crippen LogP contribution in [0.15, 0.2) is 29.2 Å². The lowest BCUT2D eigenvalue weighted by molar-refractivity contribution is 0.271. The lowest BCUT2D eigenvalue weighted by Crippen LogP contribution is -2.32. The van der Waals surface area contributed by atoms with Crippen molar-refractivity contribution in [3.05, 3.63) is 29.8 Å². The zero-order valence-electron chi connectivity index (χ0n) is 11.0. The van der Waals surface area contributed by atoms with Gasteiger partial charge < -0.3 is 5.11 Å². The Hall–Kier alpha value is -0.620. The average Bonchev–Trinajstić information content (AvgIpc) is 2.40. The second kappa shape index (κ2) is 7.85. The van der Waals surface area contributed by atoms with Gasteiger partial charge in [0, 0.05) is 25.6 Å².